The summed E-state index contributed by atoms with van der Waals surface area (Å²) in [6.45, 7) is 3.59. The van der Waals surface area contributed by atoms with Gasteiger partial charge in [-0.05, 0) is 25.1 Å². The molecule has 0 fully saturated rings. The Hall–Kier alpha value is -3.04. The molecule has 1 amide bonds. The van der Waals surface area contributed by atoms with Crippen LogP contribution in [0.15, 0.2) is 35.3 Å². The van der Waals surface area contributed by atoms with E-state index in [1.807, 2.05) is 23.6 Å². The molecule has 0 radical (unpaired) electrons. The molecule has 9 heteroatoms. The standard InChI is InChI=1S/C22H26N2O6S/c1-6-30-10-9-24-15-12-18(28-4)19(29-5)13-20(15)31-22(24)23-21(25)14-7-8-16(26-2)17(11-14)27-3/h7-8,11-13H,6,9-10H2,1-5H3. The van der Waals surface area contributed by atoms with Crippen LogP contribution in [-0.4, -0.2) is 52.1 Å². The number of fused-ring (bicyclic) bond motifs is 1. The molecule has 3 rings (SSSR count). The third kappa shape index (κ3) is 4.83. The number of nitrogens with zero attached hydrogens (tertiary/aromatic N) is 2. The average Bonchev–Trinajstić information content (AvgIpc) is 3.13. The van der Waals surface area contributed by atoms with Gasteiger partial charge in [0.2, 0.25) is 0 Å². The van der Waals surface area contributed by atoms with E-state index in [0.717, 1.165) is 10.2 Å². The SMILES string of the molecule is CCOCCn1c(=NC(=O)c2ccc(OC)c(OC)c2)sc2cc(OC)c(OC)cc21. The Labute approximate surface area is 184 Å². The number of hydrogen-bond donors (Lipinski definition) is 0. The van der Waals surface area contributed by atoms with Crippen molar-refractivity contribution in [3.63, 3.8) is 0 Å². The molecule has 0 saturated heterocycles. The van der Waals surface area contributed by atoms with E-state index in [1.165, 1.54) is 18.4 Å². The van der Waals surface area contributed by atoms with Crippen molar-refractivity contribution in [3.05, 3.63) is 40.7 Å². The van der Waals surface area contributed by atoms with Gasteiger partial charge in [0.25, 0.3) is 5.91 Å². The van der Waals surface area contributed by atoms with Gasteiger partial charge in [-0.2, -0.15) is 4.99 Å². The predicted molar refractivity (Wildman–Crippen MR) is 119 cm³/mol. The molecule has 1 heterocycles. The fourth-order valence-electron chi connectivity index (χ4n) is 3.12. The third-order valence-electron chi connectivity index (χ3n) is 4.68. The molecule has 31 heavy (non-hydrogen) atoms. The smallest absolute Gasteiger partial charge is 0.279 e. The summed E-state index contributed by atoms with van der Waals surface area (Å²) in [5.41, 5.74) is 1.29. The first-order chi connectivity index (χ1) is 15.1. The molecule has 8 nitrogen and oxygen atoms in total. The first-order valence-electron chi connectivity index (χ1n) is 9.70. The molecule has 1 aromatic heterocycles. The summed E-state index contributed by atoms with van der Waals surface area (Å²) in [6, 6.07) is 8.74. The summed E-state index contributed by atoms with van der Waals surface area (Å²) in [7, 11) is 6.25. The Kier molecular flexibility index (Phi) is 7.54. The van der Waals surface area contributed by atoms with Crippen LogP contribution < -0.4 is 23.7 Å². The van der Waals surface area contributed by atoms with E-state index in [4.69, 9.17) is 23.7 Å². The van der Waals surface area contributed by atoms with Crippen LogP contribution in [0, 0.1) is 0 Å². The van der Waals surface area contributed by atoms with Crippen LogP contribution in [0.5, 0.6) is 23.0 Å². The quantitative estimate of drug-likeness (QED) is 0.468. The second-order valence-corrected chi connectivity index (χ2v) is 7.40. The number of aromatic nitrogens is 1. The van der Waals surface area contributed by atoms with Crippen molar-refractivity contribution in [1.29, 1.82) is 0 Å². The lowest BCUT2D eigenvalue weighted by Gasteiger charge is -2.09. The van der Waals surface area contributed by atoms with Gasteiger partial charge in [-0.3, -0.25) is 4.79 Å². The predicted octanol–water partition coefficient (Wildman–Crippen LogP) is 3.51. The minimum Gasteiger partial charge on any atom is -0.493 e. The van der Waals surface area contributed by atoms with Crippen LogP contribution in [-0.2, 0) is 11.3 Å². The van der Waals surface area contributed by atoms with E-state index in [0.29, 0.717) is 53.1 Å². The first-order valence-corrected chi connectivity index (χ1v) is 10.5. The Morgan fingerprint density at radius 1 is 0.935 bits per heavy atom. The van der Waals surface area contributed by atoms with E-state index < -0.39 is 0 Å². The van der Waals surface area contributed by atoms with Gasteiger partial charge in [-0.1, -0.05) is 11.3 Å². The number of carbonyl (C=O) groups excluding carboxylic acids is 1. The van der Waals surface area contributed by atoms with Crippen molar-refractivity contribution >= 4 is 27.5 Å². The number of carbonyl (C=O) groups is 1. The van der Waals surface area contributed by atoms with Crippen LogP contribution >= 0.6 is 11.3 Å². The minimum atomic E-state index is -0.378. The number of benzene rings is 2. The normalized spacial score (nSPS) is 11.6. The Morgan fingerprint density at radius 3 is 2.23 bits per heavy atom. The van der Waals surface area contributed by atoms with Crippen LogP contribution in [0.2, 0.25) is 0 Å². The molecule has 0 unspecified atom stereocenters. The zero-order valence-corrected chi connectivity index (χ0v) is 19.1. The van der Waals surface area contributed by atoms with Crippen LogP contribution in [0.1, 0.15) is 17.3 Å². The Balaban J connectivity index is 2.11. The van der Waals surface area contributed by atoms with Crippen LogP contribution in [0.4, 0.5) is 0 Å². The minimum absolute atomic E-state index is 0.378. The van der Waals surface area contributed by atoms with Gasteiger partial charge in [0, 0.05) is 30.8 Å². The molecule has 0 N–H and O–H groups in total. The average molecular weight is 447 g/mol. The second kappa shape index (κ2) is 10.3. The lowest BCUT2D eigenvalue weighted by Crippen LogP contribution is -2.19. The van der Waals surface area contributed by atoms with Crippen LogP contribution in [0.25, 0.3) is 10.2 Å². The van der Waals surface area contributed by atoms with E-state index in [-0.39, 0.29) is 5.91 Å². The Morgan fingerprint density at radius 2 is 1.58 bits per heavy atom. The highest BCUT2D eigenvalue weighted by atomic mass is 32.1. The molecular formula is C22H26N2O6S. The summed E-state index contributed by atoms with van der Waals surface area (Å²) in [5.74, 6) is 1.86. The fraction of sp³-hybridized carbons (Fsp3) is 0.364. The number of amides is 1. The largest absolute Gasteiger partial charge is 0.493 e. The van der Waals surface area contributed by atoms with Gasteiger partial charge in [0.05, 0.1) is 45.3 Å². The van der Waals surface area contributed by atoms with E-state index in [2.05, 4.69) is 4.99 Å². The van der Waals surface area contributed by atoms with Gasteiger partial charge >= 0.3 is 0 Å². The topological polar surface area (TPSA) is 80.5 Å². The molecule has 0 bridgehead atoms. The van der Waals surface area contributed by atoms with Gasteiger partial charge in [-0.25, -0.2) is 0 Å². The van der Waals surface area contributed by atoms with Gasteiger partial charge < -0.3 is 28.3 Å². The molecule has 0 aliphatic heterocycles. The van der Waals surface area contributed by atoms with Crippen LogP contribution in [0.3, 0.4) is 0 Å². The maximum absolute atomic E-state index is 12.9. The van der Waals surface area contributed by atoms with Gasteiger partial charge in [0.1, 0.15) is 0 Å². The molecule has 166 valence electrons. The van der Waals surface area contributed by atoms with Crippen molar-refractivity contribution in [1.82, 2.24) is 4.57 Å². The van der Waals surface area contributed by atoms with Gasteiger partial charge in [0.15, 0.2) is 27.8 Å². The van der Waals surface area contributed by atoms with E-state index in [1.54, 1.807) is 39.5 Å². The number of hydrogen-bond acceptors (Lipinski definition) is 7. The lowest BCUT2D eigenvalue weighted by atomic mass is 10.2. The molecule has 0 saturated carbocycles. The monoisotopic (exact) mass is 446 g/mol. The van der Waals surface area contributed by atoms with Crippen molar-refractivity contribution < 1.29 is 28.5 Å². The number of ether oxygens (including phenoxy) is 5. The number of rotatable bonds is 9. The summed E-state index contributed by atoms with van der Waals surface area (Å²) < 4.78 is 29.8. The highest BCUT2D eigenvalue weighted by Crippen LogP contribution is 2.33. The molecule has 0 aliphatic carbocycles. The lowest BCUT2D eigenvalue weighted by molar-refractivity contribution is 0.0996. The number of thiazole rings is 1. The maximum Gasteiger partial charge on any atom is 0.279 e. The van der Waals surface area contributed by atoms with E-state index in [9.17, 15) is 4.79 Å². The fourth-order valence-corrected chi connectivity index (χ4v) is 4.18. The summed E-state index contributed by atoms with van der Waals surface area (Å²) >= 11 is 1.40. The summed E-state index contributed by atoms with van der Waals surface area (Å²) in [6.07, 6.45) is 0. The third-order valence-corrected chi connectivity index (χ3v) is 5.72. The summed E-state index contributed by atoms with van der Waals surface area (Å²) in [5, 5.41) is 0. The molecule has 0 aliphatic rings. The zero-order valence-electron chi connectivity index (χ0n) is 18.3. The maximum atomic E-state index is 12.9. The highest BCUT2D eigenvalue weighted by molar-refractivity contribution is 7.16. The molecule has 0 spiro atoms. The van der Waals surface area contributed by atoms with E-state index >= 15 is 0 Å². The molecule has 0 atom stereocenters. The van der Waals surface area contributed by atoms with Gasteiger partial charge in [-0.15, -0.1) is 0 Å². The van der Waals surface area contributed by atoms with Crippen molar-refractivity contribution in [3.8, 4) is 23.0 Å². The molecule has 2 aromatic carbocycles. The summed E-state index contributed by atoms with van der Waals surface area (Å²) in [4.78, 5) is 17.9. The second-order valence-electron chi connectivity index (χ2n) is 6.39. The molecular weight excluding hydrogens is 420 g/mol. The first kappa shape index (κ1) is 22.6. The van der Waals surface area contributed by atoms with Crippen molar-refractivity contribution in [2.45, 2.75) is 13.5 Å². The van der Waals surface area contributed by atoms with Crippen molar-refractivity contribution in [2.24, 2.45) is 4.99 Å². The number of methoxy groups -OCH3 is 4. The zero-order chi connectivity index (χ0) is 22.4. The van der Waals surface area contributed by atoms with Crippen molar-refractivity contribution in [2.75, 3.05) is 41.7 Å². The Bertz CT molecular complexity index is 1130. The highest BCUT2D eigenvalue weighted by Gasteiger charge is 2.15. The molecule has 3 aromatic rings.